The minimum Gasteiger partial charge on any atom is -0.389 e. The molecule has 2 aliphatic rings. The van der Waals surface area contributed by atoms with E-state index in [1.807, 2.05) is 13.0 Å². The minimum atomic E-state index is -1.38. The molecule has 1 aliphatic heterocycles. The van der Waals surface area contributed by atoms with Crippen molar-refractivity contribution in [1.29, 1.82) is 0 Å². The predicted molar refractivity (Wildman–Crippen MR) is 148 cm³/mol. The van der Waals surface area contributed by atoms with Crippen LogP contribution in [0.2, 0.25) is 0 Å². The van der Waals surface area contributed by atoms with E-state index in [0.29, 0.717) is 31.6 Å². The van der Waals surface area contributed by atoms with Crippen LogP contribution in [0, 0.1) is 17.6 Å². The lowest BCUT2D eigenvalue weighted by Crippen LogP contribution is -2.54. The molecule has 11 heteroatoms. The van der Waals surface area contributed by atoms with E-state index in [2.05, 4.69) is 9.97 Å². The van der Waals surface area contributed by atoms with Gasteiger partial charge in [0, 0.05) is 50.9 Å². The summed E-state index contributed by atoms with van der Waals surface area (Å²) in [5.41, 5.74) is 11.4. The Morgan fingerprint density at radius 2 is 1.88 bits per heavy atom. The molecular formula is C29H34F2N4O4S. The summed E-state index contributed by atoms with van der Waals surface area (Å²) < 4.78 is 35.7. The molecule has 2 fully saturated rings. The van der Waals surface area contributed by atoms with E-state index in [0.717, 1.165) is 29.0 Å². The molecule has 5 rings (SSSR count). The van der Waals surface area contributed by atoms with E-state index in [9.17, 15) is 15.0 Å². The number of rotatable bonds is 6. The van der Waals surface area contributed by atoms with Crippen LogP contribution < -0.4 is 11.5 Å². The van der Waals surface area contributed by atoms with Gasteiger partial charge in [-0.25, -0.2) is 13.8 Å². The largest absolute Gasteiger partial charge is 0.389 e. The van der Waals surface area contributed by atoms with Gasteiger partial charge in [0.1, 0.15) is 27.3 Å². The van der Waals surface area contributed by atoms with Gasteiger partial charge in [-0.1, -0.05) is 18.3 Å². The maximum absolute atomic E-state index is 15.2. The van der Waals surface area contributed by atoms with Crippen LogP contribution in [0.4, 0.5) is 13.8 Å². The van der Waals surface area contributed by atoms with Crippen LogP contribution in [0.5, 0.6) is 0 Å². The third kappa shape index (κ3) is 5.28. The monoisotopic (exact) mass is 572 g/mol. The molecule has 1 saturated carbocycles. The Bertz CT molecular complexity index is 1390. The Balaban J connectivity index is 1.39. The quantitative estimate of drug-likeness (QED) is 0.324. The molecule has 3 aromatic rings. The first-order chi connectivity index (χ1) is 18.9. The molecule has 0 bridgehead atoms. The van der Waals surface area contributed by atoms with E-state index < -0.39 is 40.2 Å². The van der Waals surface area contributed by atoms with E-state index in [1.165, 1.54) is 0 Å². The zero-order chi connectivity index (χ0) is 28.8. The second-order valence-electron chi connectivity index (χ2n) is 11.3. The molecule has 4 atom stereocenters. The van der Waals surface area contributed by atoms with Gasteiger partial charge in [0.15, 0.2) is 5.78 Å². The van der Waals surface area contributed by atoms with Crippen molar-refractivity contribution in [2.75, 3.05) is 18.9 Å². The van der Waals surface area contributed by atoms with Crippen LogP contribution in [0.3, 0.4) is 0 Å². The number of carbonyl (C=O) groups excluding carboxylic acids is 1. The van der Waals surface area contributed by atoms with Crippen molar-refractivity contribution >= 4 is 22.1 Å². The number of halogens is 2. The van der Waals surface area contributed by atoms with Gasteiger partial charge in [0.25, 0.3) is 0 Å². The van der Waals surface area contributed by atoms with E-state index in [1.54, 1.807) is 19.3 Å². The summed E-state index contributed by atoms with van der Waals surface area (Å²) in [6.07, 6.45) is 4.96. The van der Waals surface area contributed by atoms with Crippen LogP contribution in [0.15, 0.2) is 30.6 Å². The first-order valence-electron chi connectivity index (χ1n) is 13.4. The van der Waals surface area contributed by atoms with Crippen molar-refractivity contribution in [3.05, 3.63) is 64.6 Å². The summed E-state index contributed by atoms with van der Waals surface area (Å²) in [4.78, 5) is 21.8. The van der Waals surface area contributed by atoms with Crippen molar-refractivity contribution in [3.8, 4) is 10.6 Å². The fourth-order valence-electron chi connectivity index (χ4n) is 5.85. The Kier molecular flexibility index (Phi) is 7.79. The van der Waals surface area contributed by atoms with Crippen molar-refractivity contribution in [2.45, 2.75) is 69.1 Å². The summed E-state index contributed by atoms with van der Waals surface area (Å²) >= 11 is 0.831. The van der Waals surface area contributed by atoms with E-state index in [-0.39, 0.29) is 52.4 Å². The van der Waals surface area contributed by atoms with Gasteiger partial charge in [-0.2, -0.15) is 0 Å². The molecule has 214 valence electrons. The van der Waals surface area contributed by atoms with Crippen LogP contribution in [0.1, 0.15) is 72.6 Å². The third-order valence-corrected chi connectivity index (χ3v) is 9.59. The zero-order valence-electron chi connectivity index (χ0n) is 22.5. The Morgan fingerprint density at radius 1 is 1.20 bits per heavy atom. The fourth-order valence-corrected chi connectivity index (χ4v) is 6.75. The standard InChI is InChI=1S/C29H34F2N4O4S/c1-15-9-16(11-23(32)28(15,2)37)19-3-6-34-14-17(19)10-22(36)25-26(33)40-27(35-25)24-20(30)12-18(13-21(24)31)29(38)4-7-39-8-5-29/h3,6,12-16,23,37-38H,4-5,7-11,32-33H2,1-2H3/t15-,16+,23+,28+/m0/s1. The molecule has 0 spiro atoms. The molecule has 6 N–H and O–H groups in total. The van der Waals surface area contributed by atoms with Gasteiger partial charge in [0.05, 0.1) is 16.8 Å². The van der Waals surface area contributed by atoms with Gasteiger partial charge in [0.2, 0.25) is 0 Å². The average molecular weight is 573 g/mol. The van der Waals surface area contributed by atoms with Crippen LogP contribution in [-0.4, -0.2) is 50.8 Å². The fraction of sp³-hybridized carbons (Fsp3) is 0.483. The number of aromatic nitrogens is 2. The highest BCUT2D eigenvalue weighted by molar-refractivity contribution is 7.19. The number of pyridine rings is 1. The highest BCUT2D eigenvalue weighted by atomic mass is 32.1. The summed E-state index contributed by atoms with van der Waals surface area (Å²) in [6.45, 7) is 4.30. The highest BCUT2D eigenvalue weighted by Crippen LogP contribution is 2.42. The number of thiazole rings is 1. The number of aliphatic hydroxyl groups is 2. The van der Waals surface area contributed by atoms with E-state index >= 15 is 8.78 Å². The maximum atomic E-state index is 15.2. The third-order valence-electron chi connectivity index (χ3n) is 8.69. The van der Waals surface area contributed by atoms with Gasteiger partial charge in [-0.05, 0) is 66.5 Å². The molecule has 1 aliphatic carbocycles. The number of anilines is 1. The van der Waals surface area contributed by atoms with Gasteiger partial charge in [-0.15, -0.1) is 0 Å². The lowest BCUT2D eigenvalue weighted by Gasteiger charge is -2.44. The average Bonchev–Trinajstić information content (AvgIpc) is 3.28. The molecule has 2 aromatic heterocycles. The van der Waals surface area contributed by atoms with Crippen LogP contribution in [-0.2, 0) is 16.8 Å². The number of nitrogens with two attached hydrogens (primary N) is 2. The van der Waals surface area contributed by atoms with Gasteiger partial charge < -0.3 is 26.4 Å². The molecule has 1 saturated heterocycles. The smallest absolute Gasteiger partial charge is 0.188 e. The second kappa shape index (κ2) is 10.9. The molecule has 40 heavy (non-hydrogen) atoms. The number of ether oxygens (including phenoxy) is 1. The second-order valence-corrected chi connectivity index (χ2v) is 12.3. The van der Waals surface area contributed by atoms with Crippen molar-refractivity contribution in [2.24, 2.45) is 11.7 Å². The van der Waals surface area contributed by atoms with E-state index in [4.69, 9.17) is 16.2 Å². The van der Waals surface area contributed by atoms with Crippen LogP contribution in [0.25, 0.3) is 10.6 Å². The minimum absolute atomic E-state index is 0.0339. The summed E-state index contributed by atoms with van der Waals surface area (Å²) in [5.74, 6) is -2.19. The molecule has 1 aromatic carbocycles. The normalized spacial score (nSPS) is 26.5. The topological polar surface area (TPSA) is 145 Å². The SMILES string of the molecule is C[C@H]1C[C@@H](c2ccncc2CC(=O)c2nc(-c3c(F)cc(C4(O)CCOCC4)cc3F)sc2N)C[C@@H](N)[C@]1(C)O. The van der Waals surface area contributed by atoms with Crippen molar-refractivity contribution in [1.82, 2.24) is 9.97 Å². The number of ketones is 1. The molecular weight excluding hydrogens is 538 g/mol. The first-order valence-corrected chi connectivity index (χ1v) is 14.2. The molecule has 8 nitrogen and oxygen atoms in total. The molecule has 0 unspecified atom stereocenters. The lowest BCUT2D eigenvalue weighted by atomic mass is 9.67. The number of hydrogen-bond donors (Lipinski definition) is 4. The number of hydrogen-bond acceptors (Lipinski definition) is 9. The first kappa shape index (κ1) is 28.7. The Labute approximate surface area is 235 Å². The maximum Gasteiger partial charge on any atom is 0.188 e. The number of benzene rings is 1. The summed E-state index contributed by atoms with van der Waals surface area (Å²) in [7, 11) is 0. The lowest BCUT2D eigenvalue weighted by molar-refractivity contribution is -0.0682. The van der Waals surface area contributed by atoms with Gasteiger partial charge in [-0.3, -0.25) is 9.78 Å². The predicted octanol–water partition coefficient (Wildman–Crippen LogP) is 4.08. The summed E-state index contributed by atoms with van der Waals surface area (Å²) in [6, 6.07) is 3.66. The highest BCUT2D eigenvalue weighted by Gasteiger charge is 2.42. The molecule has 0 radical (unpaired) electrons. The molecule has 3 heterocycles. The van der Waals surface area contributed by atoms with Crippen molar-refractivity contribution < 1.29 is 28.5 Å². The number of nitrogen functional groups attached to an aromatic ring is 1. The van der Waals surface area contributed by atoms with Gasteiger partial charge >= 0.3 is 0 Å². The number of Topliss-reactive ketones (excluding diaryl/α,β-unsaturated/α-hetero) is 1. The van der Waals surface area contributed by atoms with Crippen LogP contribution >= 0.6 is 11.3 Å². The number of nitrogens with zero attached hydrogens (tertiary/aromatic N) is 2. The zero-order valence-corrected chi connectivity index (χ0v) is 23.3. The summed E-state index contributed by atoms with van der Waals surface area (Å²) in [5, 5.41) is 21.6. The molecule has 0 amide bonds. The number of carbonyl (C=O) groups is 1. The van der Waals surface area contributed by atoms with Crippen molar-refractivity contribution in [3.63, 3.8) is 0 Å². The Hall–Kier alpha value is -2.83. The Morgan fingerprint density at radius 3 is 2.52 bits per heavy atom.